The highest BCUT2D eigenvalue weighted by Gasteiger charge is 2.46. The number of ether oxygens (including phenoxy) is 3. The Hall–Kier alpha value is -8.45. The van der Waals surface area contributed by atoms with E-state index in [9.17, 15) is 57.8 Å². The number of primary amides is 1. The van der Waals surface area contributed by atoms with Crippen molar-refractivity contribution in [3.05, 3.63) is 91.5 Å². The zero-order chi connectivity index (χ0) is 60.4. The van der Waals surface area contributed by atoms with Gasteiger partial charge in [-0.2, -0.15) is 0 Å². The molecule has 25 heteroatoms. The van der Waals surface area contributed by atoms with Crippen LogP contribution in [0.25, 0.3) is 22.3 Å². The van der Waals surface area contributed by atoms with Crippen LogP contribution in [0.1, 0.15) is 130 Å². The predicted octanol–water partition coefficient (Wildman–Crippen LogP) is 4.10. The first-order chi connectivity index (χ1) is 39.4. The van der Waals surface area contributed by atoms with Crippen LogP contribution in [0.5, 0.6) is 0 Å². The highest BCUT2D eigenvalue weighted by Crippen LogP contribution is 2.46. The summed E-state index contributed by atoms with van der Waals surface area (Å²) in [5, 5.41) is 34.4. The average molecular weight is 1150 g/mol. The number of anilines is 1. The van der Waals surface area contributed by atoms with Crippen molar-refractivity contribution in [3.63, 3.8) is 0 Å². The van der Waals surface area contributed by atoms with Crippen molar-refractivity contribution in [2.45, 2.75) is 136 Å². The van der Waals surface area contributed by atoms with Gasteiger partial charge in [-0.05, 0) is 98.7 Å². The fraction of sp³-hybridized carbons (Fsp3) is 0.483. The van der Waals surface area contributed by atoms with E-state index in [-0.39, 0.29) is 101 Å². The van der Waals surface area contributed by atoms with Gasteiger partial charge in [0.2, 0.25) is 17.7 Å². The summed E-state index contributed by atoms with van der Waals surface area (Å²) in [5.74, 6) is -7.75. The number of pyridine rings is 2. The van der Waals surface area contributed by atoms with Crippen molar-refractivity contribution < 1.29 is 76.8 Å². The minimum atomic E-state index is -2.05. The van der Waals surface area contributed by atoms with Crippen molar-refractivity contribution in [1.82, 2.24) is 30.8 Å². The fourth-order valence-electron chi connectivity index (χ4n) is 10.8. The molecule has 0 saturated carbocycles. The van der Waals surface area contributed by atoms with E-state index >= 15 is 4.39 Å². The number of carbonyl (C=O) groups excluding carboxylic acids is 9. The van der Waals surface area contributed by atoms with E-state index in [0.29, 0.717) is 63.1 Å². The molecule has 0 fully saturated rings. The number of hydrogen-bond donors (Lipinski definition) is 8. The van der Waals surface area contributed by atoms with Crippen LogP contribution >= 0.6 is 0 Å². The number of amides is 6. The topological polar surface area (TPSA) is 360 Å². The van der Waals surface area contributed by atoms with Gasteiger partial charge in [0.1, 0.15) is 31.4 Å². The summed E-state index contributed by atoms with van der Waals surface area (Å²) in [6.07, 6.45) is -0.906. The molecule has 0 bridgehead atoms. The number of Topliss-reactive ketones (excluding diaryl/α,β-unsaturated/α-hetero) is 3. The second-order valence-corrected chi connectivity index (χ2v) is 21.5. The van der Waals surface area contributed by atoms with Crippen molar-refractivity contribution in [1.29, 1.82) is 0 Å². The molecule has 0 spiro atoms. The van der Waals surface area contributed by atoms with Gasteiger partial charge in [-0.1, -0.05) is 32.9 Å². The molecule has 2 aliphatic heterocycles. The molecular weight excluding hydrogens is 1080 g/mol. The van der Waals surface area contributed by atoms with Crippen LogP contribution in [0.4, 0.5) is 19.7 Å². The van der Waals surface area contributed by atoms with E-state index in [1.807, 2.05) is 0 Å². The highest BCUT2D eigenvalue weighted by atomic mass is 19.1. The molecule has 0 saturated heterocycles. The third-order valence-electron chi connectivity index (χ3n) is 15.3. The van der Waals surface area contributed by atoms with Gasteiger partial charge in [0.15, 0.2) is 17.2 Å². The molecule has 9 N–H and O–H groups in total. The smallest absolute Gasteiger partial charge is 0.407 e. The van der Waals surface area contributed by atoms with Gasteiger partial charge in [-0.25, -0.2) is 23.8 Å². The van der Waals surface area contributed by atoms with Crippen LogP contribution in [-0.2, 0) is 84.3 Å². The highest BCUT2D eigenvalue weighted by molar-refractivity contribution is 5.98. The maximum Gasteiger partial charge on any atom is 0.407 e. The molecular formula is C58H69FN8O16. The molecule has 7 rings (SSSR count). The number of fused-ring (bicyclic) bond motifs is 5. The number of urea groups is 1. The molecule has 2 aromatic heterocycles. The number of aliphatic hydroxyl groups is 1. The molecule has 444 valence electrons. The predicted molar refractivity (Wildman–Crippen MR) is 294 cm³/mol. The van der Waals surface area contributed by atoms with E-state index in [0.717, 1.165) is 5.56 Å². The van der Waals surface area contributed by atoms with Crippen LogP contribution in [0.3, 0.4) is 0 Å². The number of aryl methyl sites for hydroxylation is 1. The second-order valence-electron chi connectivity index (χ2n) is 21.5. The molecule has 0 radical (unpaired) electrons. The number of cyclic esters (lactones) is 1. The summed E-state index contributed by atoms with van der Waals surface area (Å²) >= 11 is 0. The number of carbonyl (C=O) groups is 10. The largest absolute Gasteiger partial charge is 0.481 e. The van der Waals surface area contributed by atoms with E-state index in [1.54, 1.807) is 58.0 Å². The Bertz CT molecular complexity index is 3310. The molecule has 83 heavy (non-hydrogen) atoms. The lowest BCUT2D eigenvalue weighted by atomic mass is 9.81. The van der Waals surface area contributed by atoms with Gasteiger partial charge in [0.25, 0.3) is 5.56 Å². The van der Waals surface area contributed by atoms with Crippen molar-refractivity contribution in [2.24, 2.45) is 23.5 Å². The van der Waals surface area contributed by atoms with Gasteiger partial charge >= 0.3 is 24.1 Å². The first kappa shape index (κ1) is 62.2. The minimum Gasteiger partial charge on any atom is -0.481 e. The number of ketones is 3. The van der Waals surface area contributed by atoms with Gasteiger partial charge in [0.05, 0.1) is 54.2 Å². The zero-order valence-corrected chi connectivity index (χ0v) is 46.8. The first-order valence-corrected chi connectivity index (χ1v) is 27.5. The molecule has 4 aromatic rings. The maximum atomic E-state index is 15.4. The van der Waals surface area contributed by atoms with Crippen molar-refractivity contribution in [2.75, 3.05) is 31.6 Å². The summed E-state index contributed by atoms with van der Waals surface area (Å²) < 4.78 is 32.9. The van der Waals surface area contributed by atoms with E-state index in [1.165, 1.54) is 17.6 Å². The summed E-state index contributed by atoms with van der Waals surface area (Å²) in [4.78, 5) is 145. The molecule has 2 aromatic carbocycles. The molecule has 1 aliphatic carbocycles. The van der Waals surface area contributed by atoms with Gasteiger partial charge in [-0.15, -0.1) is 0 Å². The summed E-state index contributed by atoms with van der Waals surface area (Å²) in [7, 11) is 0. The summed E-state index contributed by atoms with van der Waals surface area (Å²) in [6.45, 7) is 6.59. The number of rotatable bonds is 28. The maximum absolute atomic E-state index is 15.4. The van der Waals surface area contributed by atoms with Crippen LogP contribution in [0.15, 0.2) is 41.2 Å². The standard InChI is InChI=1S/C58H69FN8O16/c1-6-58(80)40-22-44-51-38(25-67(44)54(76)39(40)27-82-55(58)77)49-42(15-14-37-31(5)41(59)23-43(65-51)48(37)49)64-46(71)28-81-19-17-36(69)24-62-57(79)83-26-32-9-12-35(13-10-32)63-52(74)33(8-7-18-61-56(60)78)21-45(70)50(29(2)3)66-53(75)34(20-30(4)68)11-16-47(72)73/h9-10,12-13,22-23,29,33-34,42,50,80H,6-8,11,14-21,24-28H2,1-5H3,(H,62,79)(H,63,74)(H,64,71)(H,66,75)(H,72,73)(H3,60,61,78)/t33-,34-,42+,50+,58+/m1/s1. The second kappa shape index (κ2) is 27.1. The molecule has 5 atom stereocenters. The van der Waals surface area contributed by atoms with Gasteiger partial charge in [-0.3, -0.25) is 33.6 Å². The Balaban J connectivity index is 0.878. The third kappa shape index (κ3) is 14.8. The lowest BCUT2D eigenvalue weighted by molar-refractivity contribution is -0.172. The Morgan fingerprint density at radius 1 is 0.952 bits per heavy atom. The first-order valence-electron chi connectivity index (χ1n) is 27.5. The molecule has 6 amide bonds. The Morgan fingerprint density at radius 2 is 1.67 bits per heavy atom. The molecule has 0 unspecified atom stereocenters. The van der Waals surface area contributed by atoms with Gasteiger partial charge < -0.3 is 66.1 Å². The quantitative estimate of drug-likeness (QED) is 0.0258. The molecule has 24 nitrogen and oxygen atoms in total. The number of aromatic nitrogens is 2. The lowest BCUT2D eigenvalue weighted by Crippen LogP contribution is -2.48. The van der Waals surface area contributed by atoms with Crippen LogP contribution < -0.4 is 37.9 Å². The number of hydrogen-bond acceptors (Lipinski definition) is 16. The van der Waals surface area contributed by atoms with E-state index in [4.69, 9.17) is 30.0 Å². The van der Waals surface area contributed by atoms with Crippen molar-refractivity contribution in [3.8, 4) is 11.4 Å². The Kier molecular flexibility index (Phi) is 20.3. The monoisotopic (exact) mass is 1150 g/mol. The molecule has 4 heterocycles. The van der Waals surface area contributed by atoms with Crippen LogP contribution in [0, 0.1) is 30.5 Å². The number of nitrogens with zero attached hydrogens (tertiary/aromatic N) is 2. The summed E-state index contributed by atoms with van der Waals surface area (Å²) in [5.41, 5.74) is 7.25. The molecule has 3 aliphatic rings. The number of carboxylic acids is 1. The van der Waals surface area contributed by atoms with E-state index in [2.05, 4.69) is 26.6 Å². The minimum absolute atomic E-state index is 0.0499. The fourth-order valence-corrected chi connectivity index (χ4v) is 10.8. The van der Waals surface area contributed by atoms with E-state index < -0.39 is 113 Å². The van der Waals surface area contributed by atoms with Crippen molar-refractivity contribution >= 4 is 75.7 Å². The number of nitrogens with two attached hydrogens (primary N) is 1. The number of nitrogens with one attached hydrogen (secondary N) is 5. The zero-order valence-electron chi connectivity index (χ0n) is 46.8. The number of aliphatic carboxylic acids is 1. The lowest BCUT2D eigenvalue weighted by Gasteiger charge is -2.31. The number of alkyl carbamates (subject to hydrolysis) is 1. The normalized spacial score (nSPS) is 16.7. The SMILES string of the molecule is CC[C@@]1(O)C(=O)OCc2c1cc1n(c2=O)Cc2c-1nc1cc(F)c(C)c3c1c2[C@@H](NC(=O)COCCC(=O)CNC(=O)OCc1ccc(NC(=O)[C@H](CCCNC(N)=O)CC(=O)[C@@H](NC(=O)[C@H](CCC(=O)O)CC(C)=O)C(C)C)cc1)CC3. The summed E-state index contributed by atoms with van der Waals surface area (Å²) in [6, 6.07) is 6.67. The van der Waals surface area contributed by atoms with Crippen LogP contribution in [0.2, 0.25) is 0 Å². The number of benzene rings is 2. The van der Waals surface area contributed by atoms with Crippen LogP contribution in [-0.4, -0.2) is 111 Å². The average Bonchev–Trinajstić information content (AvgIpc) is 1.81. The Morgan fingerprint density at radius 3 is 2.35 bits per heavy atom. The third-order valence-corrected chi connectivity index (χ3v) is 15.3. The number of carboxylic acid groups (broad SMARTS) is 1. The Labute approximate surface area is 476 Å². The number of halogens is 1. The number of esters is 1. The van der Waals surface area contributed by atoms with Gasteiger partial charge in [0, 0.05) is 72.3 Å².